The van der Waals surface area contributed by atoms with Gasteiger partial charge in [-0.3, -0.25) is 4.68 Å². The Kier molecular flexibility index (Phi) is 4.27. The number of nitrogens with zero attached hydrogens (tertiary/aromatic N) is 2. The van der Waals surface area contributed by atoms with Gasteiger partial charge in [-0.15, -0.1) is 0 Å². The van der Waals surface area contributed by atoms with E-state index in [4.69, 9.17) is 10.5 Å². The van der Waals surface area contributed by atoms with Crippen molar-refractivity contribution in [2.45, 2.75) is 13.3 Å². The van der Waals surface area contributed by atoms with Gasteiger partial charge in [-0.1, -0.05) is 0 Å². The molecule has 1 aromatic heterocycles. The monoisotopic (exact) mass is 323 g/mol. The van der Waals surface area contributed by atoms with Crippen molar-refractivity contribution in [3.05, 3.63) is 33.9 Å². The summed E-state index contributed by atoms with van der Waals surface area (Å²) in [4.78, 5) is 0. The first-order chi connectivity index (χ1) is 9.08. The van der Waals surface area contributed by atoms with Gasteiger partial charge in [0.1, 0.15) is 5.75 Å². The number of nitrogens with two attached hydrogens (primary N) is 1. The Morgan fingerprint density at radius 2 is 2.16 bits per heavy atom. The van der Waals surface area contributed by atoms with E-state index in [0.29, 0.717) is 6.54 Å². The van der Waals surface area contributed by atoms with Gasteiger partial charge in [0, 0.05) is 19.0 Å². The second-order valence-corrected chi connectivity index (χ2v) is 5.25. The molecule has 19 heavy (non-hydrogen) atoms. The Morgan fingerprint density at radius 3 is 2.74 bits per heavy atom. The third-order valence-corrected chi connectivity index (χ3v) is 3.94. The molecule has 0 bridgehead atoms. The molecule has 1 heterocycles. The molecular formula is C14H18BrN3O. The van der Waals surface area contributed by atoms with Crippen LogP contribution in [0.4, 0.5) is 0 Å². The lowest BCUT2D eigenvalue weighted by Crippen LogP contribution is -2.04. The van der Waals surface area contributed by atoms with Crippen LogP contribution in [0.2, 0.25) is 0 Å². The zero-order valence-electron chi connectivity index (χ0n) is 11.4. The number of halogens is 1. The first-order valence-corrected chi connectivity index (χ1v) is 6.94. The smallest absolute Gasteiger partial charge is 0.121 e. The highest BCUT2D eigenvalue weighted by molar-refractivity contribution is 9.10. The van der Waals surface area contributed by atoms with E-state index < -0.39 is 0 Å². The van der Waals surface area contributed by atoms with E-state index >= 15 is 0 Å². The molecule has 0 saturated heterocycles. The summed E-state index contributed by atoms with van der Waals surface area (Å²) in [7, 11) is 3.63. The highest BCUT2D eigenvalue weighted by Crippen LogP contribution is 2.33. The Labute approximate surface area is 121 Å². The van der Waals surface area contributed by atoms with Gasteiger partial charge < -0.3 is 10.5 Å². The van der Waals surface area contributed by atoms with Gasteiger partial charge in [0.2, 0.25) is 0 Å². The van der Waals surface area contributed by atoms with Gasteiger partial charge in [-0.25, -0.2) is 0 Å². The largest absolute Gasteiger partial charge is 0.496 e. The molecule has 0 amide bonds. The molecule has 4 nitrogen and oxygen atoms in total. The van der Waals surface area contributed by atoms with Crippen molar-refractivity contribution >= 4 is 15.9 Å². The van der Waals surface area contributed by atoms with Crippen LogP contribution < -0.4 is 10.5 Å². The molecule has 0 spiro atoms. The van der Waals surface area contributed by atoms with Gasteiger partial charge in [0.25, 0.3) is 0 Å². The number of aryl methyl sites for hydroxylation is 2. The summed E-state index contributed by atoms with van der Waals surface area (Å²) in [6.07, 6.45) is 0.767. The predicted octanol–water partition coefficient (Wildman–Crippen LogP) is 2.67. The number of hydrogen-bond donors (Lipinski definition) is 1. The highest BCUT2D eigenvalue weighted by atomic mass is 79.9. The van der Waals surface area contributed by atoms with Gasteiger partial charge in [-0.05, 0) is 53.2 Å². The second kappa shape index (κ2) is 5.75. The topological polar surface area (TPSA) is 53.1 Å². The lowest BCUT2D eigenvalue weighted by molar-refractivity contribution is 0.412. The van der Waals surface area contributed by atoms with Crippen molar-refractivity contribution in [2.75, 3.05) is 13.7 Å². The van der Waals surface area contributed by atoms with Gasteiger partial charge in [-0.2, -0.15) is 5.10 Å². The third-order valence-electron chi connectivity index (χ3n) is 3.11. The summed E-state index contributed by atoms with van der Waals surface area (Å²) >= 11 is 3.63. The van der Waals surface area contributed by atoms with Crippen molar-refractivity contribution in [2.24, 2.45) is 12.8 Å². The maximum absolute atomic E-state index is 5.60. The van der Waals surface area contributed by atoms with E-state index in [1.165, 1.54) is 0 Å². The van der Waals surface area contributed by atoms with E-state index in [9.17, 15) is 0 Å². The molecular weight excluding hydrogens is 306 g/mol. The summed E-state index contributed by atoms with van der Waals surface area (Å²) in [5.41, 5.74) is 9.88. The average molecular weight is 324 g/mol. The SMILES string of the molecule is COc1ccc(-c2c(Br)c(CCN)nn2C)cc1C. The fourth-order valence-corrected chi connectivity index (χ4v) is 2.95. The quantitative estimate of drug-likeness (QED) is 0.941. The minimum atomic E-state index is 0.594. The normalized spacial score (nSPS) is 10.8. The first kappa shape index (κ1) is 14.1. The molecule has 0 unspecified atom stereocenters. The Morgan fingerprint density at radius 1 is 1.42 bits per heavy atom. The van der Waals surface area contributed by atoms with Crippen LogP contribution in [0, 0.1) is 6.92 Å². The van der Waals surface area contributed by atoms with Crippen LogP contribution in [0.25, 0.3) is 11.3 Å². The van der Waals surface area contributed by atoms with Crippen molar-refractivity contribution in [1.82, 2.24) is 9.78 Å². The lowest BCUT2D eigenvalue weighted by Gasteiger charge is -2.08. The molecule has 0 atom stereocenters. The number of aromatic nitrogens is 2. The van der Waals surface area contributed by atoms with Crippen molar-refractivity contribution < 1.29 is 4.74 Å². The summed E-state index contributed by atoms with van der Waals surface area (Å²) in [6, 6.07) is 6.12. The minimum absolute atomic E-state index is 0.594. The number of hydrogen-bond acceptors (Lipinski definition) is 3. The second-order valence-electron chi connectivity index (χ2n) is 4.46. The van der Waals surface area contributed by atoms with Gasteiger partial charge in [0.05, 0.1) is 23.0 Å². The number of benzene rings is 1. The summed E-state index contributed by atoms with van der Waals surface area (Å²) in [5, 5.41) is 4.51. The number of ether oxygens (including phenoxy) is 1. The van der Waals surface area contributed by atoms with E-state index in [-0.39, 0.29) is 0 Å². The summed E-state index contributed by atoms with van der Waals surface area (Å²) < 4.78 is 8.19. The highest BCUT2D eigenvalue weighted by Gasteiger charge is 2.15. The van der Waals surface area contributed by atoms with E-state index in [0.717, 1.165) is 39.2 Å². The summed E-state index contributed by atoms with van der Waals surface area (Å²) in [5.74, 6) is 0.893. The molecule has 2 rings (SSSR count). The van der Waals surface area contributed by atoms with E-state index in [2.05, 4.69) is 27.1 Å². The average Bonchev–Trinajstić information content (AvgIpc) is 2.65. The lowest BCUT2D eigenvalue weighted by atomic mass is 10.1. The zero-order valence-corrected chi connectivity index (χ0v) is 13.0. The zero-order chi connectivity index (χ0) is 14.0. The Bertz CT molecular complexity index is 593. The molecule has 102 valence electrons. The Balaban J connectivity index is 2.49. The minimum Gasteiger partial charge on any atom is -0.496 e. The van der Waals surface area contributed by atoms with Gasteiger partial charge in [0.15, 0.2) is 0 Å². The molecule has 0 radical (unpaired) electrons. The molecule has 0 fully saturated rings. The van der Waals surface area contributed by atoms with Crippen LogP contribution in [0.5, 0.6) is 5.75 Å². The molecule has 0 aliphatic rings. The number of rotatable bonds is 4. The molecule has 0 aliphatic heterocycles. The van der Waals surface area contributed by atoms with E-state index in [1.54, 1.807) is 7.11 Å². The van der Waals surface area contributed by atoms with Crippen molar-refractivity contribution in [3.63, 3.8) is 0 Å². The standard InChI is InChI=1S/C14H18BrN3O/c1-9-8-10(4-5-12(9)19-3)14-13(15)11(6-7-16)17-18(14)2/h4-5,8H,6-7,16H2,1-3H3. The maximum Gasteiger partial charge on any atom is 0.121 e. The van der Waals surface area contributed by atoms with Crippen molar-refractivity contribution in [3.8, 4) is 17.0 Å². The fourth-order valence-electron chi connectivity index (χ4n) is 2.19. The summed E-state index contributed by atoms with van der Waals surface area (Å²) in [6.45, 7) is 2.63. The molecule has 1 aromatic carbocycles. The molecule has 0 aliphatic carbocycles. The molecule has 2 aromatic rings. The first-order valence-electron chi connectivity index (χ1n) is 6.15. The van der Waals surface area contributed by atoms with Crippen LogP contribution >= 0.6 is 15.9 Å². The third kappa shape index (κ3) is 2.67. The Hall–Kier alpha value is -1.33. The molecule has 2 N–H and O–H groups in total. The van der Waals surface area contributed by atoms with E-state index in [1.807, 2.05) is 30.8 Å². The van der Waals surface area contributed by atoms with Crippen LogP contribution in [-0.4, -0.2) is 23.4 Å². The molecule has 5 heteroatoms. The van der Waals surface area contributed by atoms with Crippen LogP contribution in [-0.2, 0) is 13.5 Å². The van der Waals surface area contributed by atoms with Crippen LogP contribution in [0.15, 0.2) is 22.7 Å². The number of methoxy groups -OCH3 is 1. The predicted molar refractivity (Wildman–Crippen MR) is 80.4 cm³/mol. The van der Waals surface area contributed by atoms with Crippen molar-refractivity contribution in [1.29, 1.82) is 0 Å². The molecule has 0 saturated carbocycles. The van der Waals surface area contributed by atoms with Crippen LogP contribution in [0.3, 0.4) is 0 Å². The van der Waals surface area contributed by atoms with Gasteiger partial charge >= 0.3 is 0 Å². The maximum atomic E-state index is 5.60. The van der Waals surface area contributed by atoms with Crippen LogP contribution in [0.1, 0.15) is 11.3 Å². The fraction of sp³-hybridized carbons (Fsp3) is 0.357.